The van der Waals surface area contributed by atoms with Crippen LogP contribution in [0.4, 0.5) is 73.4 Å². The lowest BCUT2D eigenvalue weighted by Crippen LogP contribution is -2.26. The van der Waals surface area contributed by atoms with E-state index in [0.717, 1.165) is 26.1 Å². The Morgan fingerprint density at radius 3 is 0.700 bits per heavy atom. The van der Waals surface area contributed by atoms with E-state index in [2.05, 4.69) is 18.6 Å². The molecule has 6 saturated carbocycles. The highest BCUT2D eigenvalue weighted by Crippen LogP contribution is 2.46. The fourth-order valence-corrected chi connectivity index (χ4v) is 19.4. The van der Waals surface area contributed by atoms with Crippen molar-refractivity contribution in [2.24, 2.45) is 47.3 Å². The number of nitrogens with zero attached hydrogens (tertiary/aromatic N) is 7. The number of hydrogen-bond donors (Lipinski definition) is 0. The first-order chi connectivity index (χ1) is 71.7. The quantitative estimate of drug-likeness (QED) is 0.0143. The third kappa shape index (κ3) is 31.8. The number of ketones is 1. The predicted octanol–water partition coefficient (Wildman–Crippen LogP) is 16.9. The number of fused-ring (bicyclic) bond motifs is 6. The first-order valence-electron chi connectivity index (χ1n) is 47.1. The van der Waals surface area contributed by atoms with Crippen LogP contribution in [0.3, 0.4) is 0 Å². The Labute approximate surface area is 855 Å². The minimum Gasteiger partial charge on any atom is -0.460 e. The zero-order valence-electron chi connectivity index (χ0n) is 80.6. The first-order valence-corrected chi connectivity index (χ1v) is 47.4. The van der Waals surface area contributed by atoms with Crippen LogP contribution in [-0.4, -0.2) is 234 Å². The molecule has 7 aromatic rings. The average molecular weight is 2120 g/mol. The monoisotopic (exact) mass is 2120 g/mol. The lowest BCUT2D eigenvalue weighted by molar-refractivity contribution is -0.385. The SMILES string of the molecule is CC(=O)O[C@H]1CO[C@@H]2C[C@H](OC(=O)Oc3ccc([N+](=O)[O-])cc3)C[C@H]12.CO[C@@H]1CO[C@@H]2C[C@H](OC(=O)Oc3ccc([N+](=O)[O-])cc3)C[C@H]12.CO[C@H]1CO[C@@H]2C[C@H](OC(=O)Oc3ccc([N+](=O)[O-])cc3)C[C@H]12.C[C@@H]1CO[C@@H]2C[C@H](OC(=O)Oc3ccc([N+](=O)[O-])cc3)C[C@H]12.C[C@H]1CO[C@@H]2C[C@H](OC(=O)Oc3ccc([N+](=O)[O-])cc3)C[C@H]12.O=C(Cl)Oc1ccc([N+](=O)[O-])cc1.O=C(Oc1ccc([N+](=O)[O-])cc1)O[C@@H]1C[C@@H]2C(=O)CO[C@@H]2C1. The van der Waals surface area contributed by atoms with Crippen molar-refractivity contribution < 1.29 is 182 Å². The van der Waals surface area contributed by atoms with Crippen molar-refractivity contribution >= 4 is 106 Å². The number of nitro groups is 7. The number of Topliss-reactive ketones (excluding diaryl/α,β-unsaturated/α-hetero) is 1. The van der Waals surface area contributed by atoms with Crippen LogP contribution in [0.1, 0.15) is 97.8 Å². The van der Waals surface area contributed by atoms with Crippen molar-refractivity contribution in [1.82, 2.24) is 0 Å². The van der Waals surface area contributed by atoms with Gasteiger partial charge in [0, 0.05) is 193 Å². The molecule has 150 heavy (non-hydrogen) atoms. The van der Waals surface area contributed by atoms with E-state index in [-0.39, 0.29) is 208 Å². The third-order valence-electron chi connectivity index (χ3n) is 26.6. The van der Waals surface area contributed by atoms with Gasteiger partial charge in [-0.2, -0.15) is 0 Å². The number of nitro benzene ring substituents is 7. The number of ether oxygens (including phenoxy) is 22. The summed E-state index contributed by atoms with van der Waals surface area (Å²) in [6.07, 6.45) is 0.758. The zero-order chi connectivity index (χ0) is 108. The van der Waals surface area contributed by atoms with Gasteiger partial charge in [0.2, 0.25) is 0 Å². The maximum atomic E-state index is 11.9. The number of carbonyl (C=O) groups is 9. The van der Waals surface area contributed by atoms with Crippen molar-refractivity contribution in [2.45, 2.75) is 189 Å². The van der Waals surface area contributed by atoms with E-state index >= 15 is 0 Å². The Morgan fingerprint density at radius 1 is 0.273 bits per heavy atom. The second kappa shape index (κ2) is 52.4. The van der Waals surface area contributed by atoms with Gasteiger partial charge in [0.25, 0.3) is 39.8 Å². The molecule has 12 fully saturated rings. The molecule has 19 rings (SSSR count). The van der Waals surface area contributed by atoms with Crippen molar-refractivity contribution in [3.63, 3.8) is 0 Å². The molecule has 0 aromatic heterocycles. The zero-order valence-corrected chi connectivity index (χ0v) is 81.3. The van der Waals surface area contributed by atoms with Crippen LogP contribution in [-0.2, 0) is 80.6 Å². The van der Waals surface area contributed by atoms with Gasteiger partial charge in [0.05, 0.1) is 103 Å². The van der Waals surface area contributed by atoms with Gasteiger partial charge in [-0.25, -0.2) is 33.6 Å². The Kier molecular flexibility index (Phi) is 39.0. The molecule has 53 heteroatoms. The first kappa shape index (κ1) is 112. The molecule has 0 N–H and O–H groups in total. The number of rotatable bonds is 23. The molecule has 23 atom stereocenters. The summed E-state index contributed by atoms with van der Waals surface area (Å²) in [4.78, 5) is 173. The number of esters is 1. The number of carbonyl (C=O) groups excluding carboxylic acids is 9. The summed E-state index contributed by atoms with van der Waals surface area (Å²) in [7, 11) is 3.29. The molecule has 802 valence electrons. The fourth-order valence-electron chi connectivity index (χ4n) is 19.3. The standard InChI is InChI=1S/C16H17NO8.2C15H17NO7.2C15H17NO6.C14H13NO7.C7H4ClNO4/c1-9(18)23-15-8-22-14-7-12(6-13(14)15)25-16(19)24-11-4-2-10(3-5-11)17(20)21;2*1-20-14-8-21-13-7-11(6-12(13)14)23-15(17)22-10-4-2-9(3-5-10)16(18)19;2*1-9-8-20-14-7-12(6-13(9)14)22-15(17)21-11-4-2-10(3-5-11)16(18)19;16-12-7-20-13-6-10(5-11(12)13)22-14(17)21-9-3-1-8(2-4-9)15(18)19;8-7(10)13-6-3-1-5(2-4-6)9(11)12/h2-5,12-15H,6-8H2,1H3;2*2-5,11-14H,6-8H2,1H3;2*2-5,9,12-14H,6-8H2,1H3;1-4,10-11,13H,5-7H2;1-4H/t12-,13+,14-,15+;11-,12+,13-,14+;11-,12+,13-,14-;9-,12+,13+,14+;9-,12-,13-,14-;10-,11-,13-;/m111011./s1. The topological polar surface area (TPSA) is 659 Å². The second-order valence-electron chi connectivity index (χ2n) is 36.2. The average Bonchev–Trinajstić information content (AvgIpc) is 1.68. The third-order valence-corrected chi connectivity index (χ3v) is 26.6. The van der Waals surface area contributed by atoms with E-state index < -0.39 is 82.9 Å². The second-order valence-corrected chi connectivity index (χ2v) is 36.5. The van der Waals surface area contributed by atoms with E-state index in [1.165, 1.54) is 177 Å². The molecule has 0 spiro atoms. The van der Waals surface area contributed by atoms with Crippen molar-refractivity contribution in [3.8, 4) is 40.2 Å². The van der Waals surface area contributed by atoms with E-state index in [1.807, 2.05) is 0 Å². The molecule has 6 heterocycles. The highest BCUT2D eigenvalue weighted by atomic mass is 35.5. The molecule has 0 radical (unpaired) electrons. The van der Waals surface area contributed by atoms with Crippen LogP contribution in [0.2, 0.25) is 0 Å². The van der Waals surface area contributed by atoms with Crippen molar-refractivity contribution in [1.29, 1.82) is 0 Å². The maximum absolute atomic E-state index is 11.9. The van der Waals surface area contributed by atoms with Crippen LogP contribution < -0.4 is 33.2 Å². The number of non-ortho nitro benzene ring substituents is 7. The van der Waals surface area contributed by atoms with Gasteiger partial charge in [-0.3, -0.25) is 80.4 Å². The molecule has 6 saturated heterocycles. The van der Waals surface area contributed by atoms with Crippen LogP contribution in [0.25, 0.3) is 0 Å². The maximum Gasteiger partial charge on any atom is 0.514 e. The minimum absolute atomic E-state index is 0.000995. The number of hydrogen-bond acceptors (Lipinski definition) is 45. The molecular formula is C97H102ClN7O45. The highest BCUT2D eigenvalue weighted by Gasteiger charge is 2.52. The summed E-state index contributed by atoms with van der Waals surface area (Å²) >= 11 is 4.92. The summed E-state index contributed by atoms with van der Waals surface area (Å²) in [6, 6.07) is 36.3. The summed E-state index contributed by atoms with van der Waals surface area (Å²) in [5.74, 6) is 3.13. The van der Waals surface area contributed by atoms with Crippen molar-refractivity contribution in [3.05, 3.63) is 241 Å². The molecule has 12 aliphatic rings. The molecule has 0 unspecified atom stereocenters. The Morgan fingerprint density at radius 2 is 0.480 bits per heavy atom. The summed E-state index contributed by atoms with van der Waals surface area (Å²) in [6.45, 7) is 8.81. The smallest absolute Gasteiger partial charge is 0.460 e. The summed E-state index contributed by atoms with van der Waals surface area (Å²) < 4.78 is 116. The molecule has 0 amide bonds. The Hall–Kier alpha value is -15.5. The minimum atomic E-state index is -0.978. The predicted molar refractivity (Wildman–Crippen MR) is 504 cm³/mol. The fraction of sp³-hybridized carbons (Fsp3) is 0.474. The lowest BCUT2D eigenvalue weighted by atomic mass is 9.94. The molecule has 7 aromatic carbocycles. The van der Waals surface area contributed by atoms with Gasteiger partial charge < -0.3 is 104 Å². The molecule has 6 aliphatic carbocycles. The molecule has 52 nitrogen and oxygen atoms in total. The Balaban J connectivity index is 0.000000147. The Bertz CT molecular complexity index is 5730. The van der Waals surface area contributed by atoms with Gasteiger partial charge in [0.15, 0.2) is 5.78 Å². The van der Waals surface area contributed by atoms with Gasteiger partial charge >= 0.3 is 48.3 Å². The number of benzene rings is 7. The lowest BCUT2D eigenvalue weighted by Gasteiger charge is -2.17. The van der Waals surface area contributed by atoms with Crippen LogP contribution >= 0.6 is 11.6 Å². The van der Waals surface area contributed by atoms with Crippen LogP contribution in [0.15, 0.2) is 170 Å². The van der Waals surface area contributed by atoms with Crippen LogP contribution in [0.5, 0.6) is 40.2 Å². The number of halogens is 1. The summed E-state index contributed by atoms with van der Waals surface area (Å²) in [5.41, 5.74) is -1.51. The van der Waals surface area contributed by atoms with E-state index in [0.29, 0.717) is 108 Å². The normalized spacial score (nSPS) is 26.9. The highest BCUT2D eigenvalue weighted by molar-refractivity contribution is 6.61. The van der Waals surface area contributed by atoms with E-state index in [9.17, 15) is 114 Å². The summed E-state index contributed by atoms with van der Waals surface area (Å²) in [5, 5.41) is 73.5. The molecular weight excluding hydrogens is 2020 g/mol. The van der Waals surface area contributed by atoms with Crippen LogP contribution in [0, 0.1) is 118 Å². The molecule has 0 bridgehead atoms. The number of methoxy groups -OCH3 is 2. The van der Waals surface area contributed by atoms with Gasteiger partial charge in [-0.15, -0.1) is 0 Å². The van der Waals surface area contributed by atoms with E-state index in [1.54, 1.807) is 14.2 Å². The molecule has 6 aliphatic heterocycles. The van der Waals surface area contributed by atoms with Crippen molar-refractivity contribution in [2.75, 3.05) is 53.9 Å². The van der Waals surface area contributed by atoms with Gasteiger partial charge in [-0.05, 0) is 147 Å². The largest absolute Gasteiger partial charge is 0.514 e. The van der Waals surface area contributed by atoms with Gasteiger partial charge in [0.1, 0.15) is 89.6 Å². The van der Waals surface area contributed by atoms with Gasteiger partial charge in [-0.1, -0.05) is 13.8 Å². The van der Waals surface area contributed by atoms with E-state index in [4.69, 9.17) is 111 Å².